The van der Waals surface area contributed by atoms with E-state index in [1.54, 1.807) is 17.3 Å². The third-order valence-corrected chi connectivity index (χ3v) is 5.01. The molecule has 6 nitrogen and oxygen atoms in total. The monoisotopic (exact) mass is 359 g/mol. The quantitative estimate of drug-likeness (QED) is 0.770. The number of amides is 1. The van der Waals surface area contributed by atoms with Crippen molar-refractivity contribution in [1.29, 1.82) is 0 Å². The normalized spacial score (nSPS) is 13.4. The molecule has 136 valence electrons. The zero-order valence-electron chi connectivity index (χ0n) is 15.7. The van der Waals surface area contributed by atoms with Crippen LogP contribution in [0.4, 0.5) is 17.2 Å². The van der Waals surface area contributed by atoms with Gasteiger partial charge < -0.3 is 10.2 Å². The standard InChI is InChI=1S/C21H21N5O/c1-13-14(2)23-21(15-8-10-22-11-9-15)25-20(13)24-17-5-6-18-16(12-17)4-7-19(27)26(18)3/h5-6,8-12H,4,7H2,1-3H3,(H,23,24,25). The summed E-state index contributed by atoms with van der Waals surface area (Å²) in [6.45, 7) is 4.00. The molecule has 1 aromatic carbocycles. The van der Waals surface area contributed by atoms with E-state index in [2.05, 4.69) is 21.4 Å². The Morgan fingerprint density at radius 2 is 1.81 bits per heavy atom. The predicted molar refractivity (Wildman–Crippen MR) is 106 cm³/mol. The molecule has 6 heteroatoms. The first kappa shape index (κ1) is 17.1. The molecular weight excluding hydrogens is 338 g/mol. The van der Waals surface area contributed by atoms with Gasteiger partial charge in [0.2, 0.25) is 5.91 Å². The summed E-state index contributed by atoms with van der Waals surface area (Å²) in [7, 11) is 1.83. The lowest BCUT2D eigenvalue weighted by Crippen LogP contribution is -2.31. The van der Waals surface area contributed by atoms with Gasteiger partial charge in [-0.15, -0.1) is 0 Å². The highest BCUT2D eigenvalue weighted by molar-refractivity contribution is 5.96. The first-order chi connectivity index (χ1) is 13.0. The maximum absolute atomic E-state index is 11.9. The number of aromatic nitrogens is 3. The van der Waals surface area contributed by atoms with Crippen LogP contribution in [0.25, 0.3) is 11.4 Å². The highest BCUT2D eigenvalue weighted by atomic mass is 16.2. The number of benzene rings is 1. The topological polar surface area (TPSA) is 71.0 Å². The Hall–Kier alpha value is -3.28. The van der Waals surface area contributed by atoms with Crippen molar-refractivity contribution in [2.45, 2.75) is 26.7 Å². The third kappa shape index (κ3) is 3.26. The van der Waals surface area contributed by atoms with Crippen molar-refractivity contribution in [3.63, 3.8) is 0 Å². The molecule has 2 aromatic heterocycles. The van der Waals surface area contributed by atoms with E-state index in [9.17, 15) is 4.79 Å². The van der Waals surface area contributed by atoms with Gasteiger partial charge in [-0.25, -0.2) is 9.97 Å². The number of aryl methyl sites for hydroxylation is 2. The Morgan fingerprint density at radius 1 is 1.04 bits per heavy atom. The van der Waals surface area contributed by atoms with Gasteiger partial charge in [0.25, 0.3) is 0 Å². The summed E-state index contributed by atoms with van der Waals surface area (Å²) in [6, 6.07) is 9.87. The molecule has 0 radical (unpaired) electrons. The molecule has 0 saturated heterocycles. The van der Waals surface area contributed by atoms with E-state index in [0.29, 0.717) is 12.2 Å². The Balaban J connectivity index is 1.69. The zero-order chi connectivity index (χ0) is 19.0. The third-order valence-electron chi connectivity index (χ3n) is 5.01. The largest absolute Gasteiger partial charge is 0.340 e. The Bertz CT molecular complexity index is 1020. The highest BCUT2D eigenvalue weighted by Crippen LogP contribution is 2.31. The molecular formula is C21H21N5O. The number of pyridine rings is 1. The second-order valence-electron chi connectivity index (χ2n) is 6.76. The van der Waals surface area contributed by atoms with Crippen LogP contribution < -0.4 is 10.2 Å². The van der Waals surface area contributed by atoms with E-state index >= 15 is 0 Å². The number of nitrogens with one attached hydrogen (secondary N) is 1. The fraction of sp³-hybridized carbons (Fsp3) is 0.238. The number of hydrogen-bond donors (Lipinski definition) is 1. The van der Waals surface area contributed by atoms with Crippen molar-refractivity contribution < 1.29 is 4.79 Å². The molecule has 3 aromatic rings. The lowest BCUT2D eigenvalue weighted by molar-refractivity contribution is -0.118. The van der Waals surface area contributed by atoms with Crippen LogP contribution in [-0.2, 0) is 11.2 Å². The van der Waals surface area contributed by atoms with Crippen molar-refractivity contribution in [3.05, 3.63) is 59.5 Å². The van der Waals surface area contributed by atoms with Gasteiger partial charge in [-0.1, -0.05) is 0 Å². The number of anilines is 3. The van der Waals surface area contributed by atoms with Crippen LogP contribution in [0.1, 0.15) is 23.2 Å². The van der Waals surface area contributed by atoms with Crippen LogP contribution >= 0.6 is 0 Å². The van der Waals surface area contributed by atoms with Crippen LogP contribution in [0.15, 0.2) is 42.7 Å². The van der Waals surface area contributed by atoms with Crippen LogP contribution in [0.3, 0.4) is 0 Å². The van der Waals surface area contributed by atoms with Crippen molar-refractivity contribution in [2.24, 2.45) is 0 Å². The summed E-state index contributed by atoms with van der Waals surface area (Å²) >= 11 is 0. The van der Waals surface area contributed by atoms with Crippen molar-refractivity contribution in [1.82, 2.24) is 15.0 Å². The van der Waals surface area contributed by atoms with Crippen LogP contribution in [-0.4, -0.2) is 27.9 Å². The van der Waals surface area contributed by atoms with Gasteiger partial charge in [-0.3, -0.25) is 9.78 Å². The molecule has 0 fully saturated rings. The maximum atomic E-state index is 11.9. The molecule has 1 N–H and O–H groups in total. The highest BCUT2D eigenvalue weighted by Gasteiger charge is 2.21. The minimum absolute atomic E-state index is 0.160. The number of fused-ring (bicyclic) bond motifs is 1. The van der Waals surface area contributed by atoms with E-state index in [4.69, 9.17) is 4.98 Å². The minimum Gasteiger partial charge on any atom is -0.340 e. The van der Waals surface area contributed by atoms with E-state index < -0.39 is 0 Å². The molecule has 0 bridgehead atoms. The van der Waals surface area contributed by atoms with Gasteiger partial charge >= 0.3 is 0 Å². The predicted octanol–water partition coefficient (Wildman–Crippen LogP) is 3.81. The molecule has 0 unspecified atom stereocenters. The molecule has 1 aliphatic heterocycles. The lowest BCUT2D eigenvalue weighted by atomic mass is 10.0. The van der Waals surface area contributed by atoms with Crippen LogP contribution in [0.5, 0.6) is 0 Å². The van der Waals surface area contributed by atoms with Crippen LogP contribution in [0, 0.1) is 13.8 Å². The summed E-state index contributed by atoms with van der Waals surface area (Å²) in [6.07, 6.45) is 4.79. The number of carbonyl (C=O) groups is 1. The Labute approximate surface area is 158 Å². The van der Waals surface area contributed by atoms with Gasteiger partial charge in [-0.05, 0) is 56.2 Å². The smallest absolute Gasteiger partial charge is 0.227 e. The molecule has 0 saturated carbocycles. The van der Waals surface area contributed by atoms with Crippen molar-refractivity contribution in [3.8, 4) is 11.4 Å². The van der Waals surface area contributed by atoms with E-state index in [-0.39, 0.29) is 5.91 Å². The van der Waals surface area contributed by atoms with Gasteiger partial charge in [0.15, 0.2) is 5.82 Å². The molecule has 1 aliphatic rings. The maximum Gasteiger partial charge on any atom is 0.227 e. The summed E-state index contributed by atoms with van der Waals surface area (Å²) in [4.78, 5) is 27.0. The fourth-order valence-corrected chi connectivity index (χ4v) is 3.25. The molecule has 27 heavy (non-hydrogen) atoms. The second-order valence-corrected chi connectivity index (χ2v) is 6.76. The SMILES string of the molecule is Cc1nc(-c2ccncc2)nc(Nc2ccc3c(c2)CCC(=O)N3C)c1C. The second kappa shape index (κ2) is 6.79. The zero-order valence-corrected chi connectivity index (χ0v) is 15.7. The lowest BCUT2D eigenvalue weighted by Gasteiger charge is -2.26. The Kier molecular flexibility index (Phi) is 4.32. The number of nitrogens with zero attached hydrogens (tertiary/aromatic N) is 4. The van der Waals surface area contributed by atoms with Crippen molar-refractivity contribution in [2.75, 3.05) is 17.3 Å². The first-order valence-corrected chi connectivity index (χ1v) is 8.95. The van der Waals surface area contributed by atoms with E-state index in [1.807, 2.05) is 45.2 Å². The van der Waals surface area contributed by atoms with E-state index in [0.717, 1.165) is 40.4 Å². The van der Waals surface area contributed by atoms with Crippen molar-refractivity contribution >= 4 is 23.1 Å². The first-order valence-electron chi connectivity index (χ1n) is 8.95. The molecule has 1 amide bonds. The van der Waals surface area contributed by atoms with Gasteiger partial charge in [0.05, 0.1) is 0 Å². The summed E-state index contributed by atoms with van der Waals surface area (Å²) in [5, 5.41) is 3.43. The van der Waals surface area contributed by atoms with E-state index in [1.165, 1.54) is 5.56 Å². The van der Waals surface area contributed by atoms with Gasteiger partial charge in [0.1, 0.15) is 5.82 Å². The minimum atomic E-state index is 0.160. The molecule has 3 heterocycles. The number of rotatable bonds is 3. The average Bonchev–Trinajstić information content (AvgIpc) is 2.69. The van der Waals surface area contributed by atoms with Gasteiger partial charge in [0, 0.05) is 54.1 Å². The summed E-state index contributed by atoms with van der Waals surface area (Å²) in [5.41, 5.74) is 5.98. The summed E-state index contributed by atoms with van der Waals surface area (Å²) in [5.74, 6) is 1.62. The average molecular weight is 359 g/mol. The van der Waals surface area contributed by atoms with Gasteiger partial charge in [-0.2, -0.15) is 0 Å². The van der Waals surface area contributed by atoms with Crippen LogP contribution in [0.2, 0.25) is 0 Å². The molecule has 4 rings (SSSR count). The fourth-order valence-electron chi connectivity index (χ4n) is 3.25. The molecule has 0 atom stereocenters. The number of carbonyl (C=O) groups excluding carboxylic acids is 1. The molecule has 0 spiro atoms. The summed E-state index contributed by atoms with van der Waals surface area (Å²) < 4.78 is 0. The molecule has 0 aliphatic carbocycles. The number of hydrogen-bond acceptors (Lipinski definition) is 5. The Morgan fingerprint density at radius 3 is 2.59 bits per heavy atom.